The minimum Gasteiger partial charge on any atom is -0.301 e. The molecule has 0 aliphatic heterocycles. The maximum Gasteiger partial charge on any atom is 0.0477 e. The first-order chi connectivity index (χ1) is 7.19. The summed E-state index contributed by atoms with van der Waals surface area (Å²) in [5.74, 6) is 1.75. The van der Waals surface area contributed by atoms with Crippen LogP contribution in [-0.2, 0) is 0 Å². The second-order valence-corrected chi connectivity index (χ2v) is 5.28. The minimum atomic E-state index is 0.312. The predicted molar refractivity (Wildman–Crippen MR) is 70.0 cm³/mol. The smallest absolute Gasteiger partial charge is 0.0477 e. The zero-order chi connectivity index (χ0) is 11.3. The van der Waals surface area contributed by atoms with Gasteiger partial charge >= 0.3 is 0 Å². The quantitative estimate of drug-likeness (QED) is 0.574. The van der Waals surface area contributed by atoms with Gasteiger partial charge in [0.1, 0.15) is 0 Å². The number of halogens is 1. The van der Waals surface area contributed by atoms with Crippen LogP contribution in [0.5, 0.6) is 0 Å². The molecule has 84 valence electrons. The van der Waals surface area contributed by atoms with Gasteiger partial charge in [-0.15, -0.1) is 23.4 Å². The third-order valence-electron chi connectivity index (χ3n) is 2.35. The molecule has 0 N–H and O–H groups in total. The first-order valence-corrected chi connectivity index (χ1v) is 6.66. The van der Waals surface area contributed by atoms with Crippen LogP contribution in [0.2, 0.25) is 0 Å². The van der Waals surface area contributed by atoms with Crippen molar-refractivity contribution in [1.82, 2.24) is 4.90 Å². The summed E-state index contributed by atoms with van der Waals surface area (Å²) in [6, 6.07) is 9.00. The molecule has 0 saturated heterocycles. The molecule has 0 aromatic heterocycles. The third kappa shape index (κ3) is 3.71. The van der Waals surface area contributed by atoms with Gasteiger partial charge in [0, 0.05) is 16.8 Å². The van der Waals surface area contributed by atoms with Crippen molar-refractivity contribution in [3.8, 4) is 0 Å². The van der Waals surface area contributed by atoms with Crippen molar-refractivity contribution in [2.45, 2.75) is 17.9 Å². The molecular formula is C12H18ClNS. The van der Waals surface area contributed by atoms with Gasteiger partial charge in [-0.25, -0.2) is 0 Å². The summed E-state index contributed by atoms with van der Waals surface area (Å²) in [6.45, 7) is 2.17. The summed E-state index contributed by atoms with van der Waals surface area (Å²) >= 11 is 7.82. The van der Waals surface area contributed by atoms with Crippen molar-refractivity contribution in [2.75, 3.05) is 25.7 Å². The Bertz CT molecular complexity index is 284. The van der Waals surface area contributed by atoms with Crippen LogP contribution in [0.1, 0.15) is 18.5 Å². The summed E-state index contributed by atoms with van der Waals surface area (Å²) < 4.78 is 0. The molecule has 0 bridgehead atoms. The largest absolute Gasteiger partial charge is 0.301 e. The highest BCUT2D eigenvalue weighted by Gasteiger charge is 2.11. The first kappa shape index (κ1) is 12.9. The van der Waals surface area contributed by atoms with Crippen LogP contribution in [0.25, 0.3) is 0 Å². The second kappa shape index (κ2) is 6.41. The number of thioether (sulfide) groups is 1. The molecular weight excluding hydrogens is 226 g/mol. The molecule has 0 saturated carbocycles. The van der Waals surface area contributed by atoms with Gasteiger partial charge in [0.05, 0.1) is 0 Å². The van der Waals surface area contributed by atoms with Gasteiger partial charge in [-0.2, -0.15) is 0 Å². The second-order valence-electron chi connectivity index (χ2n) is 3.64. The Hall–Kier alpha value is -0.180. The fraction of sp³-hybridized carbons (Fsp3) is 0.500. The lowest BCUT2D eigenvalue weighted by Gasteiger charge is -2.22. The topological polar surface area (TPSA) is 3.24 Å². The van der Waals surface area contributed by atoms with Crippen LogP contribution in [-0.4, -0.2) is 30.6 Å². The van der Waals surface area contributed by atoms with Crippen molar-refractivity contribution in [1.29, 1.82) is 0 Å². The zero-order valence-electron chi connectivity index (χ0n) is 9.53. The maximum atomic E-state index is 5.95. The number of rotatable bonds is 5. The Morgan fingerprint density at radius 1 is 1.27 bits per heavy atom. The highest BCUT2D eigenvalue weighted by atomic mass is 35.5. The molecule has 0 spiro atoms. The van der Waals surface area contributed by atoms with Crippen LogP contribution in [0.4, 0.5) is 0 Å². The van der Waals surface area contributed by atoms with E-state index in [1.165, 1.54) is 10.5 Å². The summed E-state index contributed by atoms with van der Waals surface area (Å²) in [4.78, 5) is 3.47. The Balaban J connectivity index is 2.77. The number of hydrogen-bond donors (Lipinski definition) is 0. The zero-order valence-corrected chi connectivity index (χ0v) is 11.1. The van der Waals surface area contributed by atoms with Gasteiger partial charge in [0.2, 0.25) is 0 Å². The Labute approximate surface area is 102 Å². The van der Waals surface area contributed by atoms with E-state index in [9.17, 15) is 0 Å². The van der Waals surface area contributed by atoms with Crippen LogP contribution in [0.3, 0.4) is 0 Å². The molecule has 0 amide bonds. The van der Waals surface area contributed by atoms with Gasteiger partial charge in [-0.1, -0.05) is 19.1 Å². The van der Waals surface area contributed by atoms with E-state index in [-0.39, 0.29) is 0 Å². The van der Waals surface area contributed by atoms with E-state index in [1.54, 1.807) is 0 Å². The highest BCUT2D eigenvalue weighted by molar-refractivity contribution is 7.99. The average Bonchev–Trinajstić information content (AvgIpc) is 2.21. The van der Waals surface area contributed by atoms with Gasteiger partial charge in [-0.05, 0) is 37.5 Å². The van der Waals surface area contributed by atoms with E-state index in [4.69, 9.17) is 11.6 Å². The fourth-order valence-electron chi connectivity index (χ4n) is 1.48. The molecule has 0 aliphatic carbocycles. The first-order valence-electron chi connectivity index (χ1n) is 5.14. The Kier molecular flexibility index (Phi) is 5.51. The Morgan fingerprint density at radius 3 is 2.27 bits per heavy atom. The SMILES string of the molecule is CCSc1ccc(C(CCl)N(C)C)cc1. The van der Waals surface area contributed by atoms with Crippen LogP contribution < -0.4 is 0 Å². The van der Waals surface area contributed by atoms with Crippen molar-refractivity contribution in [3.05, 3.63) is 29.8 Å². The molecule has 1 aromatic carbocycles. The molecule has 15 heavy (non-hydrogen) atoms. The summed E-state index contributed by atoms with van der Waals surface area (Å²) in [7, 11) is 4.11. The molecule has 0 fully saturated rings. The summed E-state index contributed by atoms with van der Waals surface area (Å²) in [5.41, 5.74) is 1.29. The molecule has 1 nitrogen and oxygen atoms in total. The number of nitrogens with zero attached hydrogens (tertiary/aromatic N) is 1. The molecule has 1 unspecified atom stereocenters. The van der Waals surface area contributed by atoms with E-state index >= 15 is 0 Å². The molecule has 0 radical (unpaired) electrons. The molecule has 1 rings (SSSR count). The van der Waals surface area contributed by atoms with Crippen LogP contribution in [0.15, 0.2) is 29.2 Å². The number of benzene rings is 1. The normalized spacial score (nSPS) is 13.1. The molecule has 1 atom stereocenters. The van der Waals surface area contributed by atoms with Crippen molar-refractivity contribution in [2.24, 2.45) is 0 Å². The Morgan fingerprint density at radius 2 is 1.87 bits per heavy atom. The van der Waals surface area contributed by atoms with E-state index in [1.807, 2.05) is 11.8 Å². The lowest BCUT2D eigenvalue weighted by molar-refractivity contribution is 0.324. The van der Waals surface area contributed by atoms with Crippen molar-refractivity contribution < 1.29 is 0 Å². The summed E-state index contributed by atoms with van der Waals surface area (Å²) in [6.07, 6.45) is 0. The third-order valence-corrected chi connectivity index (χ3v) is 3.53. The van der Waals surface area contributed by atoms with E-state index in [0.717, 1.165) is 5.75 Å². The number of alkyl halides is 1. The lowest BCUT2D eigenvalue weighted by Crippen LogP contribution is -2.21. The predicted octanol–water partition coefficient (Wildman–Crippen LogP) is 3.64. The van der Waals surface area contributed by atoms with Gasteiger partial charge < -0.3 is 4.90 Å². The van der Waals surface area contributed by atoms with Gasteiger partial charge in [0.25, 0.3) is 0 Å². The molecule has 0 aliphatic rings. The monoisotopic (exact) mass is 243 g/mol. The minimum absolute atomic E-state index is 0.312. The van der Waals surface area contributed by atoms with Gasteiger partial charge in [-0.3, -0.25) is 0 Å². The highest BCUT2D eigenvalue weighted by Crippen LogP contribution is 2.23. The van der Waals surface area contributed by atoms with Crippen LogP contribution >= 0.6 is 23.4 Å². The molecule has 3 heteroatoms. The maximum absolute atomic E-state index is 5.95. The van der Waals surface area contributed by atoms with E-state index < -0.39 is 0 Å². The van der Waals surface area contributed by atoms with Crippen LogP contribution in [0, 0.1) is 0 Å². The standard InChI is InChI=1S/C12H18ClNS/c1-4-15-11-7-5-10(6-8-11)12(9-13)14(2)3/h5-8,12H,4,9H2,1-3H3. The average molecular weight is 244 g/mol. The number of hydrogen-bond acceptors (Lipinski definition) is 2. The van der Waals surface area contributed by atoms with Crippen molar-refractivity contribution >= 4 is 23.4 Å². The summed E-state index contributed by atoms with van der Waals surface area (Å²) in [5, 5.41) is 0. The van der Waals surface area contributed by atoms with Gasteiger partial charge in [0.15, 0.2) is 0 Å². The fourth-order valence-corrected chi connectivity index (χ4v) is 2.59. The van der Waals surface area contributed by atoms with Crippen molar-refractivity contribution in [3.63, 3.8) is 0 Å². The molecule has 1 aromatic rings. The van der Waals surface area contributed by atoms with E-state index in [0.29, 0.717) is 11.9 Å². The molecule has 0 heterocycles. The lowest BCUT2D eigenvalue weighted by atomic mass is 10.1. The van der Waals surface area contributed by atoms with E-state index in [2.05, 4.69) is 50.2 Å².